The smallest absolute Gasteiger partial charge is 0.264 e. The van der Waals surface area contributed by atoms with Crippen molar-refractivity contribution in [2.45, 2.75) is 12.5 Å². The van der Waals surface area contributed by atoms with Crippen LogP contribution in [0.2, 0.25) is 0 Å². The molecule has 34 heavy (non-hydrogen) atoms. The third-order valence-corrected chi connectivity index (χ3v) is 7.07. The molecule has 2 aliphatic rings. The Morgan fingerprint density at radius 3 is 2.53 bits per heavy atom. The Labute approximate surface area is 202 Å². The van der Waals surface area contributed by atoms with E-state index >= 15 is 0 Å². The maximum Gasteiger partial charge on any atom is 0.264 e. The van der Waals surface area contributed by atoms with Crippen molar-refractivity contribution < 1.29 is 18.7 Å². The molecule has 5 rings (SSSR count). The van der Waals surface area contributed by atoms with Crippen LogP contribution < -0.4 is 4.74 Å². The normalized spacial score (nSPS) is 18.7. The van der Waals surface area contributed by atoms with Crippen LogP contribution in [-0.2, 0) is 4.79 Å². The molecular formula is C25H26N4O4S. The molecule has 8 nitrogen and oxygen atoms in total. The number of carbonyl (C=O) groups is 2. The SMILES string of the molecule is COc1ccc(C2=NN(C(=O)CN3CCN(C(=O)c4cccs4)CC3)[C@H](c3ccco3)C2)cc1. The minimum absolute atomic E-state index is 0.0622. The van der Waals surface area contributed by atoms with Gasteiger partial charge >= 0.3 is 0 Å². The molecule has 0 aliphatic carbocycles. The molecule has 0 spiro atoms. The average Bonchev–Trinajstić information content (AvgIpc) is 3.65. The van der Waals surface area contributed by atoms with Crippen molar-refractivity contribution in [3.8, 4) is 5.75 Å². The van der Waals surface area contributed by atoms with Crippen LogP contribution in [0.15, 0.2) is 69.7 Å². The van der Waals surface area contributed by atoms with Crippen molar-refractivity contribution in [2.75, 3.05) is 39.8 Å². The number of thiophene rings is 1. The third kappa shape index (κ3) is 4.62. The molecular weight excluding hydrogens is 452 g/mol. The maximum atomic E-state index is 13.3. The fourth-order valence-corrected chi connectivity index (χ4v) is 5.02. The van der Waals surface area contributed by atoms with E-state index in [-0.39, 0.29) is 24.4 Å². The average molecular weight is 479 g/mol. The van der Waals surface area contributed by atoms with Crippen molar-refractivity contribution >= 4 is 28.9 Å². The van der Waals surface area contributed by atoms with Gasteiger partial charge in [0.2, 0.25) is 0 Å². The fraction of sp³-hybridized carbons (Fsp3) is 0.320. The van der Waals surface area contributed by atoms with Gasteiger partial charge in [0.15, 0.2) is 0 Å². The molecule has 0 unspecified atom stereocenters. The highest BCUT2D eigenvalue weighted by molar-refractivity contribution is 7.12. The highest BCUT2D eigenvalue weighted by atomic mass is 32.1. The Hall–Kier alpha value is -3.43. The van der Waals surface area contributed by atoms with Gasteiger partial charge in [0.05, 0.1) is 30.5 Å². The molecule has 1 aromatic carbocycles. The van der Waals surface area contributed by atoms with Gasteiger partial charge < -0.3 is 14.1 Å². The van der Waals surface area contributed by atoms with E-state index in [1.165, 1.54) is 11.3 Å². The van der Waals surface area contributed by atoms with Crippen molar-refractivity contribution in [1.82, 2.24) is 14.8 Å². The van der Waals surface area contributed by atoms with Gasteiger partial charge in [0.25, 0.3) is 11.8 Å². The van der Waals surface area contributed by atoms with Crippen molar-refractivity contribution in [1.29, 1.82) is 0 Å². The Bertz CT molecular complexity index is 1150. The topological polar surface area (TPSA) is 78.6 Å². The number of methoxy groups -OCH3 is 1. The highest BCUT2D eigenvalue weighted by Crippen LogP contribution is 2.33. The molecule has 9 heteroatoms. The van der Waals surface area contributed by atoms with Crippen LogP contribution in [-0.4, -0.2) is 72.2 Å². The Morgan fingerprint density at radius 1 is 1.09 bits per heavy atom. The second kappa shape index (κ2) is 9.82. The van der Waals surface area contributed by atoms with E-state index in [0.29, 0.717) is 38.4 Å². The Morgan fingerprint density at radius 2 is 1.88 bits per heavy atom. The minimum Gasteiger partial charge on any atom is -0.497 e. The molecule has 1 fully saturated rings. The van der Waals surface area contributed by atoms with E-state index in [4.69, 9.17) is 14.3 Å². The van der Waals surface area contributed by atoms with Crippen LogP contribution in [0.25, 0.3) is 0 Å². The number of hydrazone groups is 1. The van der Waals surface area contributed by atoms with E-state index in [9.17, 15) is 9.59 Å². The standard InChI is InChI=1S/C25H26N4O4S/c1-32-19-8-6-18(7-9-19)20-16-21(22-4-2-14-33-22)29(26-20)24(30)17-27-10-12-28(13-11-27)25(31)23-5-3-15-34-23/h2-9,14-15,21H,10-13,16-17H2,1H3/t21-/m0/s1. The molecule has 4 heterocycles. The Kier molecular flexibility index (Phi) is 6.46. The maximum absolute atomic E-state index is 13.3. The monoisotopic (exact) mass is 478 g/mol. The number of piperazine rings is 1. The van der Waals surface area contributed by atoms with Gasteiger partial charge in [-0.15, -0.1) is 11.3 Å². The molecule has 1 atom stereocenters. The number of amides is 2. The summed E-state index contributed by atoms with van der Waals surface area (Å²) >= 11 is 1.46. The van der Waals surface area contributed by atoms with Gasteiger partial charge in [-0.3, -0.25) is 14.5 Å². The second-order valence-electron chi connectivity index (χ2n) is 8.29. The van der Waals surface area contributed by atoms with Crippen molar-refractivity contribution in [3.05, 3.63) is 76.4 Å². The largest absolute Gasteiger partial charge is 0.497 e. The summed E-state index contributed by atoms with van der Waals surface area (Å²) in [4.78, 5) is 30.6. The van der Waals surface area contributed by atoms with Gasteiger partial charge in [-0.25, -0.2) is 5.01 Å². The number of carbonyl (C=O) groups excluding carboxylic acids is 2. The molecule has 2 aliphatic heterocycles. The number of hydrogen-bond acceptors (Lipinski definition) is 7. The summed E-state index contributed by atoms with van der Waals surface area (Å²) in [6.07, 6.45) is 2.20. The molecule has 0 bridgehead atoms. The number of benzene rings is 1. The molecule has 3 aromatic rings. The predicted molar refractivity (Wildman–Crippen MR) is 129 cm³/mol. The number of ether oxygens (including phenoxy) is 1. The molecule has 2 amide bonds. The summed E-state index contributed by atoms with van der Waals surface area (Å²) in [6, 6.07) is 14.9. The molecule has 0 N–H and O–H groups in total. The van der Waals surface area contributed by atoms with Gasteiger partial charge in [-0.05, 0) is 53.4 Å². The van der Waals surface area contributed by atoms with Crippen LogP contribution in [0.3, 0.4) is 0 Å². The zero-order chi connectivity index (χ0) is 23.5. The second-order valence-corrected chi connectivity index (χ2v) is 9.24. The van der Waals surface area contributed by atoms with E-state index in [2.05, 4.69) is 4.90 Å². The lowest BCUT2D eigenvalue weighted by Crippen LogP contribution is -2.51. The molecule has 1 saturated heterocycles. The summed E-state index contributed by atoms with van der Waals surface area (Å²) in [5.74, 6) is 1.47. The van der Waals surface area contributed by atoms with Crippen LogP contribution in [0.5, 0.6) is 5.75 Å². The lowest BCUT2D eigenvalue weighted by atomic mass is 10.0. The zero-order valence-corrected chi connectivity index (χ0v) is 19.7. The Balaban J connectivity index is 1.26. The summed E-state index contributed by atoms with van der Waals surface area (Å²) < 4.78 is 10.9. The van der Waals surface area contributed by atoms with Gasteiger partial charge in [0, 0.05) is 32.6 Å². The molecule has 0 radical (unpaired) electrons. The number of rotatable bonds is 6. The fourth-order valence-electron chi connectivity index (χ4n) is 4.33. The highest BCUT2D eigenvalue weighted by Gasteiger charge is 2.36. The first kappa shape index (κ1) is 22.4. The van der Waals surface area contributed by atoms with E-state index in [0.717, 1.165) is 21.9 Å². The lowest BCUT2D eigenvalue weighted by molar-refractivity contribution is -0.134. The minimum atomic E-state index is -0.277. The molecule has 2 aromatic heterocycles. The third-order valence-electron chi connectivity index (χ3n) is 6.21. The van der Waals surface area contributed by atoms with Crippen molar-refractivity contribution in [2.24, 2.45) is 5.10 Å². The molecule has 0 saturated carbocycles. The van der Waals surface area contributed by atoms with Gasteiger partial charge in [-0.1, -0.05) is 6.07 Å². The van der Waals surface area contributed by atoms with E-state index in [1.807, 2.05) is 58.8 Å². The van der Waals surface area contributed by atoms with Crippen LogP contribution in [0.4, 0.5) is 0 Å². The van der Waals surface area contributed by atoms with Crippen LogP contribution in [0, 0.1) is 0 Å². The van der Waals surface area contributed by atoms with E-state index < -0.39 is 0 Å². The van der Waals surface area contributed by atoms with Gasteiger partial charge in [0.1, 0.15) is 17.6 Å². The van der Waals surface area contributed by atoms with Gasteiger partial charge in [-0.2, -0.15) is 5.10 Å². The lowest BCUT2D eigenvalue weighted by Gasteiger charge is -2.34. The number of furan rings is 1. The summed E-state index contributed by atoms with van der Waals surface area (Å²) in [6.45, 7) is 2.75. The first-order chi connectivity index (χ1) is 16.6. The first-order valence-electron chi connectivity index (χ1n) is 11.2. The summed E-state index contributed by atoms with van der Waals surface area (Å²) in [7, 11) is 1.63. The van der Waals surface area contributed by atoms with Crippen LogP contribution >= 0.6 is 11.3 Å². The summed E-state index contributed by atoms with van der Waals surface area (Å²) in [5.41, 5.74) is 1.79. The van der Waals surface area contributed by atoms with Crippen molar-refractivity contribution in [3.63, 3.8) is 0 Å². The first-order valence-corrected chi connectivity index (χ1v) is 12.1. The van der Waals surface area contributed by atoms with E-state index in [1.54, 1.807) is 18.4 Å². The molecule has 176 valence electrons. The number of nitrogens with zero attached hydrogens (tertiary/aromatic N) is 4. The predicted octanol–water partition coefficient (Wildman–Crippen LogP) is 3.49. The summed E-state index contributed by atoms with van der Waals surface area (Å²) in [5, 5.41) is 8.17. The zero-order valence-electron chi connectivity index (χ0n) is 18.9. The van der Waals surface area contributed by atoms with Crippen LogP contribution in [0.1, 0.15) is 33.5 Å². The quantitative estimate of drug-likeness (QED) is 0.542. The number of hydrogen-bond donors (Lipinski definition) is 0.